The Bertz CT molecular complexity index is 749. The van der Waals surface area contributed by atoms with E-state index in [1.165, 1.54) is 12.1 Å². The first-order valence-corrected chi connectivity index (χ1v) is 6.42. The van der Waals surface area contributed by atoms with Gasteiger partial charge in [-0.3, -0.25) is 9.89 Å². The van der Waals surface area contributed by atoms with E-state index in [0.29, 0.717) is 11.3 Å². The van der Waals surface area contributed by atoms with Crippen molar-refractivity contribution in [2.45, 2.75) is 0 Å². The van der Waals surface area contributed by atoms with E-state index >= 15 is 0 Å². The van der Waals surface area contributed by atoms with Gasteiger partial charge in [-0.15, -0.1) is 0 Å². The highest BCUT2D eigenvalue weighted by atomic mass is 16.3. The highest BCUT2D eigenvalue weighted by Crippen LogP contribution is 2.21. The van der Waals surface area contributed by atoms with Crippen LogP contribution >= 0.6 is 0 Å². The molecule has 2 aromatic carbocycles. The molecule has 1 heterocycles. The third-order valence-corrected chi connectivity index (χ3v) is 3.06. The van der Waals surface area contributed by atoms with Gasteiger partial charge in [-0.05, 0) is 42.5 Å². The largest absolute Gasteiger partial charge is 0.508 e. The Morgan fingerprint density at radius 1 is 1.10 bits per heavy atom. The Labute approximate surface area is 121 Å². The molecule has 0 spiro atoms. The number of aromatic hydroxyl groups is 1. The SMILES string of the molecule is O=C(Nc1cccc(-c2ccn[nH]2)c1)c1ccc(O)cc1. The lowest BCUT2D eigenvalue weighted by molar-refractivity contribution is 0.102. The standard InChI is InChI=1S/C16H13N3O2/c20-14-6-4-11(5-7-14)16(21)18-13-3-1-2-12(10-13)15-8-9-17-19-15/h1-10,20H,(H,17,19)(H,18,21). The number of aromatic amines is 1. The van der Waals surface area contributed by atoms with Crippen molar-refractivity contribution >= 4 is 11.6 Å². The second-order valence-corrected chi connectivity index (χ2v) is 4.55. The van der Waals surface area contributed by atoms with Crippen molar-refractivity contribution in [3.05, 3.63) is 66.4 Å². The summed E-state index contributed by atoms with van der Waals surface area (Å²) in [5.74, 6) is -0.0930. The van der Waals surface area contributed by atoms with Gasteiger partial charge in [0.15, 0.2) is 0 Å². The van der Waals surface area contributed by atoms with Gasteiger partial charge in [-0.25, -0.2) is 0 Å². The molecule has 0 radical (unpaired) electrons. The first kappa shape index (κ1) is 12.9. The molecule has 21 heavy (non-hydrogen) atoms. The summed E-state index contributed by atoms with van der Waals surface area (Å²) in [5, 5.41) is 18.8. The lowest BCUT2D eigenvalue weighted by Gasteiger charge is -2.07. The number of carbonyl (C=O) groups excluding carboxylic acids is 1. The van der Waals surface area contributed by atoms with Crippen molar-refractivity contribution < 1.29 is 9.90 Å². The number of H-pyrrole nitrogens is 1. The van der Waals surface area contributed by atoms with E-state index in [-0.39, 0.29) is 11.7 Å². The van der Waals surface area contributed by atoms with Gasteiger partial charge in [0.2, 0.25) is 0 Å². The maximum Gasteiger partial charge on any atom is 0.255 e. The first-order valence-electron chi connectivity index (χ1n) is 6.42. The number of benzene rings is 2. The van der Waals surface area contributed by atoms with Gasteiger partial charge in [-0.1, -0.05) is 12.1 Å². The Morgan fingerprint density at radius 3 is 2.62 bits per heavy atom. The Morgan fingerprint density at radius 2 is 1.90 bits per heavy atom. The average molecular weight is 279 g/mol. The van der Waals surface area contributed by atoms with Crippen LogP contribution in [0.4, 0.5) is 5.69 Å². The van der Waals surface area contributed by atoms with Crippen molar-refractivity contribution in [3.63, 3.8) is 0 Å². The van der Waals surface area contributed by atoms with Gasteiger partial charge < -0.3 is 10.4 Å². The summed E-state index contributed by atoms with van der Waals surface area (Å²) in [6, 6.07) is 15.5. The molecular weight excluding hydrogens is 266 g/mol. The molecule has 3 N–H and O–H groups in total. The summed E-state index contributed by atoms with van der Waals surface area (Å²) in [6.07, 6.45) is 1.68. The number of hydrogen-bond donors (Lipinski definition) is 3. The molecule has 1 aromatic heterocycles. The van der Waals surface area contributed by atoms with Gasteiger partial charge in [0, 0.05) is 23.0 Å². The summed E-state index contributed by atoms with van der Waals surface area (Å²) in [5.41, 5.74) is 3.01. The highest BCUT2D eigenvalue weighted by molar-refractivity contribution is 6.04. The molecule has 3 aromatic rings. The summed E-state index contributed by atoms with van der Waals surface area (Å²) < 4.78 is 0. The van der Waals surface area contributed by atoms with Gasteiger partial charge in [0.25, 0.3) is 5.91 Å². The van der Waals surface area contributed by atoms with Crippen LogP contribution in [0.3, 0.4) is 0 Å². The minimum absolute atomic E-state index is 0.132. The zero-order valence-corrected chi connectivity index (χ0v) is 11.1. The molecule has 3 rings (SSSR count). The summed E-state index contributed by atoms with van der Waals surface area (Å²) in [6.45, 7) is 0. The van der Waals surface area contributed by atoms with Gasteiger partial charge >= 0.3 is 0 Å². The number of rotatable bonds is 3. The van der Waals surface area contributed by atoms with Gasteiger partial charge in [0.05, 0.1) is 5.69 Å². The van der Waals surface area contributed by atoms with Crippen LogP contribution in [0.25, 0.3) is 11.3 Å². The molecule has 5 nitrogen and oxygen atoms in total. The molecule has 0 unspecified atom stereocenters. The third-order valence-electron chi connectivity index (χ3n) is 3.06. The van der Waals surface area contributed by atoms with Crippen LogP contribution in [0.2, 0.25) is 0 Å². The minimum atomic E-state index is -0.225. The molecule has 0 saturated carbocycles. The first-order chi connectivity index (χ1) is 10.2. The van der Waals surface area contributed by atoms with Crippen LogP contribution in [0.15, 0.2) is 60.8 Å². The zero-order chi connectivity index (χ0) is 14.7. The fraction of sp³-hybridized carbons (Fsp3) is 0. The Kier molecular flexibility index (Phi) is 3.39. The minimum Gasteiger partial charge on any atom is -0.508 e. The third kappa shape index (κ3) is 2.92. The quantitative estimate of drug-likeness (QED) is 0.689. The number of amides is 1. The topological polar surface area (TPSA) is 78.0 Å². The van der Waals surface area contributed by atoms with Crippen LogP contribution in [-0.2, 0) is 0 Å². The van der Waals surface area contributed by atoms with Crippen molar-refractivity contribution in [3.8, 4) is 17.0 Å². The van der Waals surface area contributed by atoms with Gasteiger partial charge in [0.1, 0.15) is 5.75 Å². The number of carbonyl (C=O) groups is 1. The molecule has 5 heteroatoms. The van der Waals surface area contributed by atoms with Crippen molar-refractivity contribution in [1.29, 1.82) is 0 Å². The molecule has 1 amide bonds. The Hall–Kier alpha value is -3.08. The van der Waals surface area contributed by atoms with Crippen LogP contribution < -0.4 is 5.32 Å². The maximum absolute atomic E-state index is 12.1. The smallest absolute Gasteiger partial charge is 0.255 e. The summed E-state index contributed by atoms with van der Waals surface area (Å²) in [7, 11) is 0. The lowest BCUT2D eigenvalue weighted by atomic mass is 10.1. The summed E-state index contributed by atoms with van der Waals surface area (Å²) in [4.78, 5) is 12.1. The number of hydrogen-bond acceptors (Lipinski definition) is 3. The van der Waals surface area contributed by atoms with E-state index in [1.807, 2.05) is 30.3 Å². The molecule has 0 saturated heterocycles. The van der Waals surface area contributed by atoms with Crippen LogP contribution in [0.1, 0.15) is 10.4 Å². The number of phenols is 1. The zero-order valence-electron chi connectivity index (χ0n) is 11.1. The number of phenolic OH excluding ortho intramolecular Hbond substituents is 1. The number of aromatic nitrogens is 2. The normalized spacial score (nSPS) is 10.3. The van der Waals surface area contributed by atoms with Crippen molar-refractivity contribution in [1.82, 2.24) is 10.2 Å². The van der Waals surface area contributed by atoms with E-state index in [2.05, 4.69) is 15.5 Å². The molecule has 0 atom stereocenters. The average Bonchev–Trinajstić information content (AvgIpc) is 3.02. The second-order valence-electron chi connectivity index (χ2n) is 4.55. The van der Waals surface area contributed by atoms with Crippen molar-refractivity contribution in [2.75, 3.05) is 5.32 Å². The molecule has 0 fully saturated rings. The highest BCUT2D eigenvalue weighted by Gasteiger charge is 2.07. The summed E-state index contributed by atoms with van der Waals surface area (Å²) >= 11 is 0. The molecule has 0 aliphatic rings. The van der Waals surface area contributed by atoms with Crippen LogP contribution in [0.5, 0.6) is 5.75 Å². The predicted octanol–water partition coefficient (Wildman–Crippen LogP) is 3.03. The number of nitrogens with zero attached hydrogens (tertiary/aromatic N) is 1. The lowest BCUT2D eigenvalue weighted by Crippen LogP contribution is -2.11. The molecule has 104 valence electrons. The second kappa shape index (κ2) is 5.50. The monoisotopic (exact) mass is 279 g/mol. The number of anilines is 1. The Balaban J connectivity index is 1.80. The molecule has 0 aliphatic carbocycles. The van der Waals surface area contributed by atoms with Crippen LogP contribution in [0, 0.1) is 0 Å². The van der Waals surface area contributed by atoms with Crippen molar-refractivity contribution in [2.24, 2.45) is 0 Å². The molecular formula is C16H13N3O2. The molecule has 0 bridgehead atoms. The van der Waals surface area contributed by atoms with E-state index in [0.717, 1.165) is 11.3 Å². The van der Waals surface area contributed by atoms with E-state index in [4.69, 9.17) is 0 Å². The fourth-order valence-corrected chi connectivity index (χ4v) is 2.00. The van der Waals surface area contributed by atoms with E-state index in [9.17, 15) is 9.90 Å². The van der Waals surface area contributed by atoms with E-state index in [1.54, 1.807) is 18.3 Å². The van der Waals surface area contributed by atoms with E-state index < -0.39 is 0 Å². The molecule has 0 aliphatic heterocycles. The number of nitrogens with one attached hydrogen (secondary N) is 2. The fourth-order valence-electron chi connectivity index (χ4n) is 2.00. The maximum atomic E-state index is 12.1. The van der Waals surface area contributed by atoms with Gasteiger partial charge in [-0.2, -0.15) is 5.10 Å². The van der Waals surface area contributed by atoms with Crippen LogP contribution in [-0.4, -0.2) is 21.2 Å². The predicted molar refractivity (Wildman–Crippen MR) is 80.1 cm³/mol.